The van der Waals surface area contributed by atoms with Crippen LogP contribution in [0.25, 0.3) is 16.9 Å². The average molecular weight is 449 g/mol. The molecule has 0 radical (unpaired) electrons. The molecule has 0 saturated carbocycles. The Morgan fingerprint density at radius 3 is 2.83 bits per heavy atom. The molecule has 3 aromatic heterocycles. The van der Waals surface area contributed by atoms with E-state index in [-0.39, 0.29) is 21.2 Å². The summed E-state index contributed by atoms with van der Waals surface area (Å²) in [5.41, 5.74) is 1.13. The second-order valence-electron chi connectivity index (χ2n) is 6.25. The van der Waals surface area contributed by atoms with Gasteiger partial charge in [-0.1, -0.05) is 22.9 Å². The molecule has 30 heavy (non-hydrogen) atoms. The first-order chi connectivity index (χ1) is 14.4. The summed E-state index contributed by atoms with van der Waals surface area (Å²) in [5, 5.41) is 7.88. The van der Waals surface area contributed by atoms with Gasteiger partial charge in [-0.05, 0) is 23.8 Å². The van der Waals surface area contributed by atoms with E-state index in [0.717, 1.165) is 17.0 Å². The van der Waals surface area contributed by atoms with E-state index in [1.807, 2.05) is 0 Å². The number of aromatic nitrogens is 4. The van der Waals surface area contributed by atoms with E-state index >= 15 is 0 Å². The normalized spacial score (nSPS) is 11.6. The fraction of sp³-hybridized carbons (Fsp3) is 0.105. The molecule has 0 bridgehead atoms. The largest absolute Gasteiger partial charge is 0.495 e. The second kappa shape index (κ2) is 7.88. The van der Waals surface area contributed by atoms with Gasteiger partial charge < -0.3 is 9.15 Å². The molecule has 4 rings (SSSR count). The lowest BCUT2D eigenvalue weighted by molar-refractivity contribution is 0.413. The second-order valence-corrected chi connectivity index (χ2v) is 8.62. The molecule has 8 nitrogen and oxygen atoms in total. The van der Waals surface area contributed by atoms with Crippen molar-refractivity contribution < 1.29 is 22.0 Å². The molecule has 0 aliphatic carbocycles. The van der Waals surface area contributed by atoms with Crippen LogP contribution in [0, 0.1) is 5.82 Å². The summed E-state index contributed by atoms with van der Waals surface area (Å²) in [6.07, 6.45) is 6.95. The zero-order chi connectivity index (χ0) is 21.3. The number of methoxy groups -OCH3 is 1. The SMILES string of the molecule is COc1cncc(-c2cn(-c3c(F)ccc(CS(=O)(=O)c4ccoc4)c3Cl)nn2)c1. The van der Waals surface area contributed by atoms with Crippen molar-refractivity contribution in [2.45, 2.75) is 10.6 Å². The summed E-state index contributed by atoms with van der Waals surface area (Å²) in [6, 6.07) is 5.49. The van der Waals surface area contributed by atoms with Crippen LogP contribution in [0.2, 0.25) is 5.02 Å². The summed E-state index contributed by atoms with van der Waals surface area (Å²) in [4.78, 5) is 4.06. The molecule has 4 aromatic rings. The van der Waals surface area contributed by atoms with E-state index in [1.54, 1.807) is 12.3 Å². The Kier molecular flexibility index (Phi) is 5.27. The third-order valence-electron chi connectivity index (χ3n) is 4.31. The van der Waals surface area contributed by atoms with Crippen LogP contribution < -0.4 is 4.74 Å². The molecule has 0 amide bonds. The van der Waals surface area contributed by atoms with Crippen LogP contribution in [-0.4, -0.2) is 35.5 Å². The number of pyridine rings is 1. The average Bonchev–Trinajstić information content (AvgIpc) is 3.43. The highest BCUT2D eigenvalue weighted by Gasteiger charge is 2.22. The molecule has 0 saturated heterocycles. The van der Waals surface area contributed by atoms with Gasteiger partial charge >= 0.3 is 0 Å². The Morgan fingerprint density at radius 1 is 1.27 bits per heavy atom. The maximum absolute atomic E-state index is 14.6. The van der Waals surface area contributed by atoms with Crippen molar-refractivity contribution in [3.05, 3.63) is 71.8 Å². The van der Waals surface area contributed by atoms with Gasteiger partial charge in [-0.2, -0.15) is 0 Å². The highest BCUT2D eigenvalue weighted by Crippen LogP contribution is 2.31. The molecule has 0 N–H and O–H groups in total. The van der Waals surface area contributed by atoms with Crippen LogP contribution in [-0.2, 0) is 15.6 Å². The molecule has 0 aliphatic rings. The van der Waals surface area contributed by atoms with Crippen molar-refractivity contribution in [3.8, 4) is 22.7 Å². The highest BCUT2D eigenvalue weighted by atomic mass is 35.5. The number of benzene rings is 1. The lowest BCUT2D eigenvalue weighted by Gasteiger charge is -2.10. The van der Waals surface area contributed by atoms with E-state index in [1.165, 1.54) is 37.9 Å². The van der Waals surface area contributed by atoms with Gasteiger partial charge in [0.05, 0.1) is 36.5 Å². The number of halogens is 2. The fourth-order valence-electron chi connectivity index (χ4n) is 2.80. The summed E-state index contributed by atoms with van der Waals surface area (Å²) in [5.74, 6) is -0.581. The summed E-state index contributed by atoms with van der Waals surface area (Å²) in [6.45, 7) is 0. The van der Waals surface area contributed by atoms with Crippen molar-refractivity contribution >= 4 is 21.4 Å². The predicted molar refractivity (Wildman–Crippen MR) is 106 cm³/mol. The maximum atomic E-state index is 14.6. The van der Waals surface area contributed by atoms with Gasteiger partial charge in [0.15, 0.2) is 9.84 Å². The number of nitrogens with zero attached hydrogens (tertiary/aromatic N) is 4. The third kappa shape index (κ3) is 3.79. The molecular weight excluding hydrogens is 435 g/mol. The van der Waals surface area contributed by atoms with Crippen molar-refractivity contribution in [1.82, 2.24) is 20.0 Å². The van der Waals surface area contributed by atoms with Gasteiger partial charge in [0.2, 0.25) is 0 Å². The van der Waals surface area contributed by atoms with Gasteiger partial charge in [-0.3, -0.25) is 4.98 Å². The van der Waals surface area contributed by atoms with Crippen LogP contribution in [0.1, 0.15) is 5.56 Å². The molecule has 154 valence electrons. The van der Waals surface area contributed by atoms with E-state index in [9.17, 15) is 12.8 Å². The number of hydrogen-bond donors (Lipinski definition) is 0. The predicted octanol–water partition coefficient (Wildman–Crippen LogP) is 3.70. The molecule has 0 spiro atoms. The lowest BCUT2D eigenvalue weighted by Crippen LogP contribution is -2.07. The highest BCUT2D eigenvalue weighted by molar-refractivity contribution is 7.90. The first kappa shape index (κ1) is 20.0. The minimum Gasteiger partial charge on any atom is -0.495 e. The van der Waals surface area contributed by atoms with Gasteiger partial charge in [-0.25, -0.2) is 17.5 Å². The van der Waals surface area contributed by atoms with Gasteiger partial charge in [0.1, 0.15) is 34.1 Å². The minimum absolute atomic E-state index is 0.0120. The zero-order valence-electron chi connectivity index (χ0n) is 15.5. The number of sulfone groups is 1. The minimum atomic E-state index is -3.72. The first-order valence-corrected chi connectivity index (χ1v) is 10.6. The van der Waals surface area contributed by atoms with E-state index in [2.05, 4.69) is 15.3 Å². The summed E-state index contributed by atoms with van der Waals surface area (Å²) in [7, 11) is -2.21. The standard InChI is InChI=1S/C19H14ClFN4O4S/c1-28-14-6-13(7-22-8-14)17-9-25(24-23-17)19-16(21)3-2-12(18(19)20)11-30(26,27)15-4-5-29-10-15/h2-10H,11H2,1H3. The zero-order valence-corrected chi connectivity index (χ0v) is 17.1. The van der Waals surface area contributed by atoms with E-state index in [0.29, 0.717) is 17.0 Å². The van der Waals surface area contributed by atoms with Crippen LogP contribution in [0.5, 0.6) is 5.75 Å². The topological polar surface area (TPSA) is 100 Å². The number of furan rings is 1. The number of rotatable bonds is 6. The van der Waals surface area contributed by atoms with E-state index in [4.69, 9.17) is 20.8 Å². The third-order valence-corrected chi connectivity index (χ3v) is 6.38. The van der Waals surface area contributed by atoms with Crippen LogP contribution in [0.15, 0.2) is 64.7 Å². The van der Waals surface area contributed by atoms with Gasteiger partial charge in [0.25, 0.3) is 0 Å². The molecule has 0 fully saturated rings. The summed E-state index contributed by atoms with van der Waals surface area (Å²) < 4.78 is 50.8. The Labute approximate surface area is 175 Å². The Balaban J connectivity index is 1.72. The quantitative estimate of drug-likeness (QED) is 0.443. The van der Waals surface area contributed by atoms with Crippen LogP contribution in [0.3, 0.4) is 0 Å². The van der Waals surface area contributed by atoms with Crippen LogP contribution in [0.4, 0.5) is 4.39 Å². The first-order valence-electron chi connectivity index (χ1n) is 8.53. The Hall–Kier alpha value is -3.24. The van der Waals surface area contributed by atoms with Gasteiger partial charge in [-0.15, -0.1) is 5.10 Å². The van der Waals surface area contributed by atoms with Gasteiger partial charge in [0, 0.05) is 11.8 Å². The van der Waals surface area contributed by atoms with Crippen molar-refractivity contribution in [2.75, 3.05) is 7.11 Å². The smallest absolute Gasteiger partial charge is 0.185 e. The molecule has 0 aliphatic heterocycles. The monoisotopic (exact) mass is 448 g/mol. The molecule has 3 heterocycles. The molecular formula is C19H14ClFN4O4S. The van der Waals surface area contributed by atoms with Crippen molar-refractivity contribution in [1.29, 1.82) is 0 Å². The lowest BCUT2D eigenvalue weighted by atomic mass is 10.2. The summed E-state index contributed by atoms with van der Waals surface area (Å²) >= 11 is 6.37. The maximum Gasteiger partial charge on any atom is 0.185 e. The van der Waals surface area contributed by atoms with E-state index < -0.39 is 21.4 Å². The van der Waals surface area contributed by atoms with Crippen LogP contribution >= 0.6 is 11.6 Å². The molecule has 1 aromatic carbocycles. The fourth-order valence-corrected chi connectivity index (χ4v) is 4.46. The molecule has 0 unspecified atom stereocenters. The Morgan fingerprint density at radius 2 is 2.10 bits per heavy atom. The number of ether oxygens (including phenoxy) is 1. The van der Waals surface area contributed by atoms with Crippen molar-refractivity contribution in [3.63, 3.8) is 0 Å². The Bertz CT molecular complexity index is 1310. The number of hydrogen-bond acceptors (Lipinski definition) is 7. The molecule has 0 atom stereocenters. The van der Waals surface area contributed by atoms with Crippen molar-refractivity contribution in [2.24, 2.45) is 0 Å². The molecule has 11 heteroatoms.